The van der Waals surface area contributed by atoms with Crippen molar-refractivity contribution in [3.8, 4) is 0 Å². The molecule has 0 spiro atoms. The van der Waals surface area contributed by atoms with Crippen molar-refractivity contribution in [3.05, 3.63) is 0 Å². The van der Waals surface area contributed by atoms with Crippen molar-refractivity contribution in [2.45, 2.75) is 57.1 Å². The van der Waals surface area contributed by atoms with E-state index in [-0.39, 0.29) is 10.00 Å². The quantitative estimate of drug-likeness (QED) is 0.760. The Morgan fingerprint density at radius 2 is 1.85 bits per heavy atom. The summed E-state index contributed by atoms with van der Waals surface area (Å²) in [5.41, 5.74) is 0. The monoisotopic (exact) mass is 205 g/mol. The molecule has 0 fully saturated rings. The number of rotatable bonds is 4. The molecule has 0 aromatic heterocycles. The van der Waals surface area contributed by atoms with Gasteiger partial charge in [0, 0.05) is 26.8 Å². The normalized spacial score (nSPS) is 19.5. The zero-order valence-corrected chi connectivity index (χ0v) is 10.5. The van der Waals surface area contributed by atoms with Crippen LogP contribution >= 0.6 is 0 Å². The van der Waals surface area contributed by atoms with Crippen molar-refractivity contribution in [2.24, 2.45) is 0 Å². The van der Waals surface area contributed by atoms with E-state index in [2.05, 4.69) is 19.2 Å². The van der Waals surface area contributed by atoms with E-state index in [4.69, 9.17) is 0 Å². The van der Waals surface area contributed by atoms with Gasteiger partial charge in [-0.1, -0.05) is 6.92 Å². The first-order valence-corrected chi connectivity index (χ1v) is 6.13. The fourth-order valence-corrected chi connectivity index (χ4v) is 3.22. The van der Waals surface area contributed by atoms with Gasteiger partial charge in [0.15, 0.2) is 0 Å². The van der Waals surface area contributed by atoms with Gasteiger partial charge < -0.3 is 5.32 Å². The van der Waals surface area contributed by atoms with E-state index in [1.165, 1.54) is 0 Å². The number of nitrogens with one attached hydrogen (secondary N) is 1. The molecular weight excluding hydrogens is 182 g/mol. The van der Waals surface area contributed by atoms with Crippen LogP contribution in [0.25, 0.3) is 0 Å². The van der Waals surface area contributed by atoms with E-state index in [1.54, 1.807) is 0 Å². The summed E-state index contributed by atoms with van der Waals surface area (Å²) in [5, 5.41) is 3.43. The highest BCUT2D eigenvalue weighted by molar-refractivity contribution is 7.87. The second-order valence-corrected chi connectivity index (χ2v) is 6.98. The van der Waals surface area contributed by atoms with Gasteiger partial charge in [0.2, 0.25) is 0 Å². The summed E-state index contributed by atoms with van der Waals surface area (Å²) < 4.78 is 11.9. The first-order valence-electron chi connectivity index (χ1n) is 4.92. The fraction of sp³-hybridized carbons (Fsp3) is 1.00. The smallest absolute Gasteiger partial charge is 0.0478 e. The van der Waals surface area contributed by atoms with Crippen molar-refractivity contribution in [1.82, 2.24) is 5.32 Å². The Bertz CT molecular complexity index is 170. The minimum atomic E-state index is -0.774. The Kier molecular flexibility index (Phi) is 5.15. The molecule has 0 saturated carbocycles. The Morgan fingerprint density at radius 3 is 2.08 bits per heavy atom. The topological polar surface area (TPSA) is 29.1 Å². The van der Waals surface area contributed by atoms with Crippen LogP contribution in [0.15, 0.2) is 0 Å². The van der Waals surface area contributed by atoms with E-state index >= 15 is 0 Å². The molecule has 1 N–H and O–H groups in total. The highest BCUT2D eigenvalue weighted by Crippen LogP contribution is 2.18. The molecule has 2 nitrogen and oxygen atoms in total. The lowest BCUT2D eigenvalue weighted by atomic mass is 10.2. The van der Waals surface area contributed by atoms with E-state index in [0.717, 1.165) is 6.42 Å². The summed E-state index contributed by atoms with van der Waals surface area (Å²) in [6.07, 6.45) is 1.03. The van der Waals surface area contributed by atoms with Gasteiger partial charge in [-0.25, -0.2) is 0 Å². The summed E-state index contributed by atoms with van der Waals surface area (Å²) in [6.45, 7) is 10.3. The molecule has 0 aliphatic carbocycles. The predicted octanol–water partition coefficient (Wildman–Crippen LogP) is 1.92. The van der Waals surface area contributed by atoms with Crippen LogP contribution in [0.5, 0.6) is 0 Å². The second-order valence-electron chi connectivity index (χ2n) is 4.42. The first-order chi connectivity index (χ1) is 5.84. The van der Waals surface area contributed by atoms with Gasteiger partial charge in [-0.2, -0.15) is 0 Å². The van der Waals surface area contributed by atoms with Crippen molar-refractivity contribution in [1.29, 1.82) is 0 Å². The van der Waals surface area contributed by atoms with Gasteiger partial charge in [-0.3, -0.25) is 4.21 Å². The summed E-state index contributed by atoms with van der Waals surface area (Å²) >= 11 is 0. The third-order valence-corrected chi connectivity index (χ3v) is 4.53. The van der Waals surface area contributed by atoms with Gasteiger partial charge in [-0.15, -0.1) is 0 Å². The fourth-order valence-electron chi connectivity index (χ4n) is 1.48. The summed E-state index contributed by atoms with van der Waals surface area (Å²) in [5.74, 6) is 0. The highest BCUT2D eigenvalue weighted by atomic mass is 32.2. The minimum absolute atomic E-state index is 0.107. The van der Waals surface area contributed by atoms with Gasteiger partial charge >= 0.3 is 0 Å². The molecule has 80 valence electrons. The van der Waals surface area contributed by atoms with Crippen LogP contribution in [0, 0.1) is 0 Å². The minimum Gasteiger partial charge on any atom is -0.316 e. The third kappa shape index (κ3) is 3.77. The zero-order chi connectivity index (χ0) is 10.6. The van der Waals surface area contributed by atoms with E-state index in [0.29, 0.717) is 6.04 Å². The molecule has 0 heterocycles. The van der Waals surface area contributed by atoms with Gasteiger partial charge in [0.25, 0.3) is 0 Å². The molecule has 3 unspecified atom stereocenters. The zero-order valence-electron chi connectivity index (χ0n) is 9.68. The maximum absolute atomic E-state index is 12.0. The summed E-state index contributed by atoms with van der Waals surface area (Å²) in [7, 11) is 1.16. The molecule has 0 aromatic carbocycles. The predicted molar refractivity (Wildman–Crippen MR) is 60.5 cm³/mol. The van der Waals surface area contributed by atoms with Crippen molar-refractivity contribution in [2.75, 3.05) is 7.05 Å². The SMILES string of the molecule is CCC(NC)C(C)S(=O)C(C)(C)C. The van der Waals surface area contributed by atoms with Gasteiger partial charge in [0.1, 0.15) is 0 Å². The molecule has 0 rings (SSSR count). The molecule has 0 bridgehead atoms. The molecule has 0 aromatic rings. The van der Waals surface area contributed by atoms with E-state index in [9.17, 15) is 4.21 Å². The van der Waals surface area contributed by atoms with Crippen LogP contribution in [-0.4, -0.2) is 27.3 Å². The van der Waals surface area contributed by atoms with Gasteiger partial charge in [-0.05, 0) is 41.2 Å². The summed E-state index contributed by atoms with van der Waals surface area (Å²) in [4.78, 5) is 0. The molecule has 3 atom stereocenters. The number of hydrogen-bond acceptors (Lipinski definition) is 2. The molecule has 0 radical (unpaired) electrons. The van der Waals surface area contributed by atoms with E-state index < -0.39 is 10.8 Å². The van der Waals surface area contributed by atoms with Crippen LogP contribution in [0.4, 0.5) is 0 Å². The third-order valence-electron chi connectivity index (χ3n) is 2.32. The van der Waals surface area contributed by atoms with Gasteiger partial charge in [0.05, 0.1) is 0 Å². The lowest BCUT2D eigenvalue weighted by Gasteiger charge is -2.28. The summed E-state index contributed by atoms with van der Waals surface area (Å²) in [6, 6.07) is 0.361. The van der Waals surface area contributed by atoms with Crippen LogP contribution < -0.4 is 5.32 Å². The lowest BCUT2D eigenvalue weighted by molar-refractivity contribution is 0.521. The highest BCUT2D eigenvalue weighted by Gasteiger charge is 2.28. The van der Waals surface area contributed by atoms with Crippen LogP contribution in [0.1, 0.15) is 41.0 Å². The molecule has 3 heteroatoms. The average Bonchev–Trinajstić information content (AvgIpc) is 2.03. The lowest BCUT2D eigenvalue weighted by Crippen LogP contribution is -2.43. The molecule has 0 saturated heterocycles. The Hall–Kier alpha value is 0.110. The Morgan fingerprint density at radius 1 is 1.38 bits per heavy atom. The maximum Gasteiger partial charge on any atom is 0.0478 e. The Labute approximate surface area is 84.9 Å². The second kappa shape index (κ2) is 5.11. The Balaban J connectivity index is 4.41. The van der Waals surface area contributed by atoms with Crippen LogP contribution in [0.2, 0.25) is 0 Å². The molecular formula is C10H23NOS. The standard InChI is InChI=1S/C10H23NOS/c1-7-9(11-6)8(2)13(12)10(3,4)5/h8-9,11H,7H2,1-6H3. The van der Waals surface area contributed by atoms with Crippen molar-refractivity contribution >= 4 is 10.8 Å². The number of hydrogen-bond donors (Lipinski definition) is 1. The largest absolute Gasteiger partial charge is 0.316 e. The van der Waals surface area contributed by atoms with Crippen molar-refractivity contribution in [3.63, 3.8) is 0 Å². The van der Waals surface area contributed by atoms with Crippen LogP contribution in [-0.2, 0) is 10.8 Å². The first kappa shape index (κ1) is 13.1. The van der Waals surface area contributed by atoms with Crippen molar-refractivity contribution < 1.29 is 4.21 Å². The average molecular weight is 205 g/mol. The molecule has 13 heavy (non-hydrogen) atoms. The van der Waals surface area contributed by atoms with Crippen LogP contribution in [0.3, 0.4) is 0 Å². The maximum atomic E-state index is 12.0. The molecule has 0 amide bonds. The molecule has 0 aliphatic rings. The van der Waals surface area contributed by atoms with E-state index in [1.807, 2.05) is 27.8 Å². The molecule has 0 aliphatic heterocycles.